The molecule has 2 aromatic rings. The summed E-state index contributed by atoms with van der Waals surface area (Å²) in [6.45, 7) is 17.6. The number of hydrogen-bond acceptors (Lipinski definition) is 3. The molecule has 1 unspecified atom stereocenters. The van der Waals surface area contributed by atoms with Crippen molar-refractivity contribution in [1.29, 1.82) is 0 Å². The van der Waals surface area contributed by atoms with Crippen LogP contribution >= 0.6 is 0 Å². The Labute approximate surface area is 199 Å². The number of anilines is 1. The molecule has 6 nitrogen and oxygen atoms in total. The molecule has 0 saturated carbocycles. The number of benzene rings is 1. The molecule has 2 rings (SSSR count). The van der Waals surface area contributed by atoms with Gasteiger partial charge >= 0.3 is 0 Å². The Morgan fingerprint density at radius 1 is 1.09 bits per heavy atom. The SMILES string of the molecule is CCCN(CC(=O)Nc1cc(C(C)(C)C)nn1-c1ccccc1)C(=O)CC(C)CC(C)(C)C. The van der Waals surface area contributed by atoms with Gasteiger partial charge in [0.2, 0.25) is 11.8 Å². The fourth-order valence-electron chi connectivity index (χ4n) is 4.06. The van der Waals surface area contributed by atoms with Crippen molar-refractivity contribution in [3.05, 3.63) is 42.1 Å². The summed E-state index contributed by atoms with van der Waals surface area (Å²) in [7, 11) is 0. The fraction of sp³-hybridized carbons (Fsp3) is 0.593. The van der Waals surface area contributed by atoms with E-state index in [0.717, 1.165) is 24.2 Å². The lowest BCUT2D eigenvalue weighted by Gasteiger charge is -2.26. The van der Waals surface area contributed by atoms with Gasteiger partial charge in [-0.2, -0.15) is 5.10 Å². The highest BCUT2D eigenvalue weighted by Crippen LogP contribution is 2.27. The van der Waals surface area contributed by atoms with E-state index in [9.17, 15) is 9.59 Å². The van der Waals surface area contributed by atoms with Gasteiger partial charge in [0.05, 0.1) is 17.9 Å². The van der Waals surface area contributed by atoms with Gasteiger partial charge in [0, 0.05) is 24.4 Å². The van der Waals surface area contributed by atoms with Crippen LogP contribution in [0.4, 0.5) is 5.82 Å². The van der Waals surface area contributed by atoms with E-state index >= 15 is 0 Å². The van der Waals surface area contributed by atoms with Gasteiger partial charge in [-0.05, 0) is 36.3 Å². The quantitative estimate of drug-likeness (QED) is 0.520. The fourth-order valence-corrected chi connectivity index (χ4v) is 4.06. The number of para-hydroxylation sites is 1. The second-order valence-electron chi connectivity index (χ2n) is 11.3. The van der Waals surface area contributed by atoms with Crippen molar-refractivity contribution in [3.8, 4) is 5.69 Å². The number of aromatic nitrogens is 2. The van der Waals surface area contributed by atoms with E-state index < -0.39 is 0 Å². The molecule has 1 heterocycles. The Balaban J connectivity index is 2.17. The van der Waals surface area contributed by atoms with Gasteiger partial charge in [0.25, 0.3) is 0 Å². The highest BCUT2D eigenvalue weighted by atomic mass is 16.2. The average Bonchev–Trinajstić information content (AvgIpc) is 3.11. The number of nitrogens with zero attached hydrogens (tertiary/aromatic N) is 3. The Morgan fingerprint density at radius 3 is 2.27 bits per heavy atom. The van der Waals surface area contributed by atoms with Gasteiger partial charge < -0.3 is 10.2 Å². The highest BCUT2D eigenvalue weighted by Gasteiger charge is 2.24. The number of rotatable bonds is 9. The third-order valence-electron chi connectivity index (χ3n) is 5.41. The third kappa shape index (κ3) is 8.34. The Morgan fingerprint density at radius 2 is 1.73 bits per heavy atom. The minimum absolute atomic E-state index is 0.0377. The van der Waals surface area contributed by atoms with Crippen LogP contribution in [-0.2, 0) is 15.0 Å². The first-order valence-electron chi connectivity index (χ1n) is 12.0. The molecule has 1 N–H and O–H groups in total. The second-order valence-corrected chi connectivity index (χ2v) is 11.3. The van der Waals surface area contributed by atoms with Crippen molar-refractivity contribution in [3.63, 3.8) is 0 Å². The molecule has 0 saturated heterocycles. The van der Waals surface area contributed by atoms with E-state index in [0.29, 0.717) is 18.8 Å². The highest BCUT2D eigenvalue weighted by molar-refractivity contribution is 5.94. The van der Waals surface area contributed by atoms with E-state index in [2.05, 4.69) is 53.8 Å². The molecule has 0 bridgehead atoms. The molecule has 0 aliphatic heterocycles. The van der Waals surface area contributed by atoms with Crippen LogP contribution in [0.1, 0.15) is 80.3 Å². The van der Waals surface area contributed by atoms with Gasteiger partial charge in [-0.3, -0.25) is 9.59 Å². The summed E-state index contributed by atoms with van der Waals surface area (Å²) in [5, 5.41) is 7.75. The predicted octanol–water partition coefficient (Wildman–Crippen LogP) is 5.81. The zero-order valence-corrected chi connectivity index (χ0v) is 21.7. The van der Waals surface area contributed by atoms with Crippen molar-refractivity contribution in [2.24, 2.45) is 11.3 Å². The summed E-state index contributed by atoms with van der Waals surface area (Å²) in [5.41, 5.74) is 1.78. The largest absolute Gasteiger partial charge is 0.333 e. The number of carbonyl (C=O) groups excluding carboxylic acids is 2. The van der Waals surface area contributed by atoms with Gasteiger partial charge in [-0.1, -0.05) is 73.6 Å². The third-order valence-corrected chi connectivity index (χ3v) is 5.41. The first-order chi connectivity index (χ1) is 15.3. The van der Waals surface area contributed by atoms with Gasteiger partial charge in [-0.15, -0.1) is 0 Å². The van der Waals surface area contributed by atoms with E-state index in [4.69, 9.17) is 5.10 Å². The Bertz CT molecular complexity index is 920. The normalized spacial score (nSPS) is 13.0. The van der Waals surface area contributed by atoms with Gasteiger partial charge in [0.1, 0.15) is 5.82 Å². The molecule has 0 spiro atoms. The topological polar surface area (TPSA) is 67.2 Å². The Hall–Kier alpha value is -2.63. The zero-order valence-electron chi connectivity index (χ0n) is 21.7. The maximum Gasteiger partial charge on any atom is 0.245 e. The van der Waals surface area contributed by atoms with E-state index in [1.165, 1.54) is 0 Å². The molecule has 0 aliphatic carbocycles. The second kappa shape index (κ2) is 11.0. The predicted molar refractivity (Wildman–Crippen MR) is 136 cm³/mol. The Kier molecular flexibility index (Phi) is 8.87. The molecule has 0 radical (unpaired) electrons. The van der Waals surface area contributed by atoms with E-state index in [1.54, 1.807) is 9.58 Å². The van der Waals surface area contributed by atoms with Crippen LogP contribution in [0.5, 0.6) is 0 Å². The van der Waals surface area contributed by atoms with Crippen LogP contribution in [0.25, 0.3) is 5.69 Å². The molecule has 1 aromatic carbocycles. The summed E-state index contributed by atoms with van der Waals surface area (Å²) in [6.07, 6.45) is 2.24. The van der Waals surface area contributed by atoms with Gasteiger partial charge in [0.15, 0.2) is 0 Å². The van der Waals surface area contributed by atoms with Crippen molar-refractivity contribution < 1.29 is 9.59 Å². The standard InChI is InChI=1S/C27H42N4O2/c1-9-15-30(25(33)16-20(2)18-26(3,4)5)19-24(32)28-23-17-22(27(6,7)8)29-31(23)21-13-11-10-12-14-21/h10-14,17,20H,9,15-16,18-19H2,1-8H3,(H,28,32). The molecule has 0 fully saturated rings. The summed E-state index contributed by atoms with van der Waals surface area (Å²) in [4.78, 5) is 27.7. The molecule has 6 heteroatoms. The zero-order chi connectivity index (χ0) is 24.8. The molecule has 1 aromatic heterocycles. The van der Waals surface area contributed by atoms with Crippen LogP contribution in [0.15, 0.2) is 36.4 Å². The monoisotopic (exact) mass is 454 g/mol. The summed E-state index contributed by atoms with van der Waals surface area (Å²) >= 11 is 0. The maximum atomic E-state index is 13.0. The number of amides is 2. The van der Waals surface area contributed by atoms with Gasteiger partial charge in [-0.25, -0.2) is 4.68 Å². The minimum Gasteiger partial charge on any atom is -0.333 e. The average molecular weight is 455 g/mol. The van der Waals surface area contributed by atoms with Crippen molar-refractivity contribution in [1.82, 2.24) is 14.7 Å². The molecule has 2 amide bonds. The smallest absolute Gasteiger partial charge is 0.245 e. The lowest BCUT2D eigenvalue weighted by Crippen LogP contribution is -2.39. The first-order valence-corrected chi connectivity index (χ1v) is 12.0. The summed E-state index contributed by atoms with van der Waals surface area (Å²) < 4.78 is 1.76. The summed E-state index contributed by atoms with van der Waals surface area (Å²) in [6, 6.07) is 11.7. The van der Waals surface area contributed by atoms with Crippen LogP contribution in [0.2, 0.25) is 0 Å². The molecule has 33 heavy (non-hydrogen) atoms. The number of hydrogen-bond donors (Lipinski definition) is 1. The molecular formula is C27H42N4O2. The van der Waals surface area contributed by atoms with E-state index in [1.807, 2.05) is 43.3 Å². The number of nitrogens with one attached hydrogen (secondary N) is 1. The van der Waals surface area contributed by atoms with Crippen LogP contribution in [0.3, 0.4) is 0 Å². The molecular weight excluding hydrogens is 412 g/mol. The van der Waals surface area contributed by atoms with Crippen molar-refractivity contribution in [2.45, 2.75) is 80.1 Å². The number of carbonyl (C=O) groups is 2. The molecule has 182 valence electrons. The van der Waals surface area contributed by atoms with E-state index in [-0.39, 0.29) is 35.1 Å². The minimum atomic E-state index is -0.210. The maximum absolute atomic E-state index is 13.0. The lowest BCUT2D eigenvalue weighted by molar-refractivity contribution is -0.135. The molecule has 0 aliphatic rings. The lowest BCUT2D eigenvalue weighted by atomic mass is 9.84. The van der Waals surface area contributed by atoms with Crippen LogP contribution in [0, 0.1) is 11.3 Å². The van der Waals surface area contributed by atoms with Crippen LogP contribution in [-0.4, -0.2) is 39.6 Å². The van der Waals surface area contributed by atoms with Crippen LogP contribution < -0.4 is 5.32 Å². The van der Waals surface area contributed by atoms with Crippen molar-refractivity contribution >= 4 is 17.6 Å². The molecule has 1 atom stereocenters. The summed E-state index contributed by atoms with van der Waals surface area (Å²) in [5.74, 6) is 0.711. The first kappa shape index (κ1) is 26.6. The van der Waals surface area contributed by atoms with Crippen molar-refractivity contribution in [2.75, 3.05) is 18.4 Å².